The van der Waals surface area contributed by atoms with Crippen molar-refractivity contribution in [3.63, 3.8) is 0 Å². The number of carbonyl (C=O) groups is 1. The first-order chi connectivity index (χ1) is 11.5. The Hall–Kier alpha value is -2.87. The zero-order valence-electron chi connectivity index (χ0n) is 12.4. The first-order valence-corrected chi connectivity index (χ1v) is 8.73. The number of benzene rings is 1. The number of hydrogen-bond donors (Lipinski definition) is 2. The molecule has 0 atom stereocenters. The fraction of sp³-hybridized carbons (Fsp3) is 0.125. The first kappa shape index (κ1) is 14.7. The van der Waals surface area contributed by atoms with Crippen LogP contribution in [0.15, 0.2) is 47.6 Å². The molecule has 24 heavy (non-hydrogen) atoms. The van der Waals surface area contributed by atoms with Crippen molar-refractivity contribution >= 4 is 32.7 Å². The summed E-state index contributed by atoms with van der Waals surface area (Å²) in [5.74, 6) is -1.03. The Kier molecular flexibility index (Phi) is 3.10. The van der Waals surface area contributed by atoms with Crippen LogP contribution in [0.3, 0.4) is 0 Å². The van der Waals surface area contributed by atoms with Gasteiger partial charge in [0.15, 0.2) is 0 Å². The van der Waals surface area contributed by atoms with E-state index in [1.165, 1.54) is 22.6 Å². The quantitative estimate of drug-likeness (QED) is 0.757. The topological polar surface area (TPSA) is 103 Å². The Morgan fingerprint density at radius 2 is 2.12 bits per heavy atom. The van der Waals surface area contributed by atoms with Gasteiger partial charge < -0.3 is 10.1 Å². The zero-order chi connectivity index (χ0) is 16.9. The van der Waals surface area contributed by atoms with Gasteiger partial charge in [-0.2, -0.15) is 0 Å². The van der Waals surface area contributed by atoms with Crippen LogP contribution < -0.4 is 4.31 Å². The average Bonchev–Trinajstić information content (AvgIpc) is 3.18. The van der Waals surface area contributed by atoms with Crippen LogP contribution in [0.1, 0.15) is 15.9 Å². The lowest BCUT2D eigenvalue weighted by Crippen LogP contribution is -2.28. The highest BCUT2D eigenvalue weighted by Crippen LogP contribution is 2.35. The van der Waals surface area contributed by atoms with Crippen molar-refractivity contribution in [3.05, 3.63) is 53.9 Å². The third-order valence-corrected chi connectivity index (χ3v) is 6.01. The molecule has 0 saturated carbocycles. The number of carboxylic acid groups (broad SMARTS) is 1. The van der Waals surface area contributed by atoms with Gasteiger partial charge in [0.25, 0.3) is 10.0 Å². The average molecular weight is 343 g/mol. The minimum absolute atomic E-state index is 0.157. The fourth-order valence-corrected chi connectivity index (χ4v) is 4.67. The molecule has 0 amide bonds. The van der Waals surface area contributed by atoms with E-state index in [0.717, 1.165) is 5.56 Å². The second-order valence-electron chi connectivity index (χ2n) is 5.53. The summed E-state index contributed by atoms with van der Waals surface area (Å²) >= 11 is 0. The number of sulfonamides is 1. The highest BCUT2D eigenvalue weighted by atomic mass is 32.2. The molecule has 122 valence electrons. The van der Waals surface area contributed by atoms with E-state index >= 15 is 0 Å². The summed E-state index contributed by atoms with van der Waals surface area (Å²) < 4.78 is 27.4. The van der Waals surface area contributed by atoms with E-state index in [1.807, 2.05) is 0 Å². The first-order valence-electron chi connectivity index (χ1n) is 7.29. The molecule has 0 bridgehead atoms. The molecule has 4 rings (SSSR count). The number of pyridine rings is 1. The molecule has 2 N–H and O–H groups in total. The molecule has 0 spiro atoms. The number of H-pyrrole nitrogens is 1. The Bertz CT molecular complexity index is 1070. The standard InChI is InChI=1S/C16H13N3O4S/c20-16(21)11-3-4-13-10(8-11)5-7-19(13)24(22,23)14-9-18-15-12(14)2-1-6-17-15/h1-4,6,8-9H,5,7H2,(H,17,18)(H,20,21). The van der Waals surface area contributed by atoms with Crippen LogP contribution in [0, 0.1) is 0 Å². The van der Waals surface area contributed by atoms with E-state index in [2.05, 4.69) is 9.97 Å². The second-order valence-corrected chi connectivity index (χ2v) is 7.36. The number of nitrogens with zero attached hydrogens (tertiary/aromatic N) is 2. The number of fused-ring (bicyclic) bond motifs is 2. The lowest BCUT2D eigenvalue weighted by atomic mass is 10.1. The van der Waals surface area contributed by atoms with Gasteiger partial charge in [-0.1, -0.05) is 0 Å². The molecule has 2 aromatic heterocycles. The number of aromatic nitrogens is 2. The fourth-order valence-electron chi connectivity index (χ4n) is 3.02. The molecule has 0 saturated heterocycles. The molecular weight excluding hydrogens is 330 g/mol. The maximum absolute atomic E-state index is 13.1. The highest BCUT2D eigenvalue weighted by Gasteiger charge is 2.33. The van der Waals surface area contributed by atoms with Crippen molar-refractivity contribution in [2.45, 2.75) is 11.3 Å². The van der Waals surface area contributed by atoms with E-state index in [-0.39, 0.29) is 17.0 Å². The van der Waals surface area contributed by atoms with E-state index in [0.29, 0.717) is 23.1 Å². The minimum Gasteiger partial charge on any atom is -0.478 e. The Balaban J connectivity index is 1.82. The summed E-state index contributed by atoms with van der Waals surface area (Å²) in [6.07, 6.45) is 3.51. The normalized spacial score (nSPS) is 14.1. The van der Waals surface area contributed by atoms with Crippen molar-refractivity contribution in [2.75, 3.05) is 10.8 Å². The van der Waals surface area contributed by atoms with Gasteiger partial charge in [0, 0.05) is 24.3 Å². The SMILES string of the molecule is O=C(O)c1ccc2c(c1)CCN2S(=O)(=O)c1c[nH]c2ncccc12. The monoisotopic (exact) mass is 343 g/mol. The predicted molar refractivity (Wildman–Crippen MR) is 87.7 cm³/mol. The van der Waals surface area contributed by atoms with Gasteiger partial charge in [-0.05, 0) is 42.3 Å². The Labute approximate surface area is 137 Å². The molecular formula is C16H13N3O4S. The molecule has 3 aromatic rings. The summed E-state index contributed by atoms with van der Waals surface area (Å²) in [7, 11) is -3.75. The van der Waals surface area contributed by atoms with Gasteiger partial charge in [-0.3, -0.25) is 4.31 Å². The number of aromatic amines is 1. The molecule has 1 aliphatic heterocycles. The summed E-state index contributed by atoms with van der Waals surface area (Å²) in [6.45, 7) is 0.285. The maximum Gasteiger partial charge on any atom is 0.335 e. The molecule has 8 heteroatoms. The summed E-state index contributed by atoms with van der Waals surface area (Å²) in [5.41, 5.74) is 1.91. The molecule has 0 fully saturated rings. The van der Waals surface area contributed by atoms with Gasteiger partial charge >= 0.3 is 5.97 Å². The molecule has 0 unspecified atom stereocenters. The number of hydrogen-bond acceptors (Lipinski definition) is 4. The minimum atomic E-state index is -3.75. The zero-order valence-corrected chi connectivity index (χ0v) is 13.2. The highest BCUT2D eigenvalue weighted by molar-refractivity contribution is 7.93. The summed E-state index contributed by atoms with van der Waals surface area (Å²) in [4.78, 5) is 18.2. The van der Waals surface area contributed by atoms with Crippen LogP contribution in [-0.4, -0.2) is 36.0 Å². The number of nitrogens with one attached hydrogen (secondary N) is 1. The van der Waals surface area contributed by atoms with Crippen molar-refractivity contribution < 1.29 is 18.3 Å². The number of carboxylic acids is 1. The smallest absolute Gasteiger partial charge is 0.335 e. The third kappa shape index (κ3) is 2.07. The lowest BCUT2D eigenvalue weighted by Gasteiger charge is -2.19. The van der Waals surface area contributed by atoms with Gasteiger partial charge in [0.2, 0.25) is 0 Å². The van der Waals surface area contributed by atoms with E-state index in [1.54, 1.807) is 24.4 Å². The van der Waals surface area contributed by atoms with Crippen molar-refractivity contribution in [3.8, 4) is 0 Å². The number of rotatable bonds is 3. The molecule has 3 heterocycles. The van der Waals surface area contributed by atoms with E-state index < -0.39 is 16.0 Å². The van der Waals surface area contributed by atoms with Crippen LogP contribution in [0.4, 0.5) is 5.69 Å². The Morgan fingerprint density at radius 1 is 1.29 bits per heavy atom. The van der Waals surface area contributed by atoms with Gasteiger partial charge in [0.05, 0.1) is 11.3 Å². The summed E-state index contributed by atoms with van der Waals surface area (Å²) in [5, 5.41) is 9.60. The molecule has 1 aromatic carbocycles. The van der Waals surface area contributed by atoms with Gasteiger partial charge in [0.1, 0.15) is 10.5 Å². The van der Waals surface area contributed by atoms with Crippen LogP contribution in [0.5, 0.6) is 0 Å². The number of anilines is 1. The van der Waals surface area contributed by atoms with Gasteiger partial charge in [-0.15, -0.1) is 0 Å². The lowest BCUT2D eigenvalue weighted by molar-refractivity contribution is 0.0697. The van der Waals surface area contributed by atoms with Crippen LogP contribution in [0.2, 0.25) is 0 Å². The van der Waals surface area contributed by atoms with Gasteiger partial charge in [-0.25, -0.2) is 18.2 Å². The third-order valence-electron chi connectivity index (χ3n) is 4.16. The van der Waals surface area contributed by atoms with Crippen molar-refractivity contribution in [2.24, 2.45) is 0 Å². The maximum atomic E-state index is 13.1. The Morgan fingerprint density at radius 3 is 2.92 bits per heavy atom. The van der Waals surface area contributed by atoms with E-state index in [9.17, 15) is 13.2 Å². The van der Waals surface area contributed by atoms with Crippen LogP contribution in [0.25, 0.3) is 11.0 Å². The van der Waals surface area contributed by atoms with Crippen LogP contribution in [-0.2, 0) is 16.4 Å². The molecule has 0 radical (unpaired) electrons. The van der Waals surface area contributed by atoms with Crippen molar-refractivity contribution in [1.29, 1.82) is 0 Å². The van der Waals surface area contributed by atoms with Crippen LogP contribution >= 0.6 is 0 Å². The summed E-state index contributed by atoms with van der Waals surface area (Å²) in [6, 6.07) is 7.90. The molecule has 1 aliphatic rings. The second kappa shape index (κ2) is 5.07. The van der Waals surface area contributed by atoms with E-state index in [4.69, 9.17) is 5.11 Å². The number of aromatic carboxylic acids is 1. The largest absolute Gasteiger partial charge is 0.478 e. The molecule has 0 aliphatic carbocycles. The predicted octanol–water partition coefficient (Wildman–Crippen LogP) is 2.01. The van der Waals surface area contributed by atoms with Crippen molar-refractivity contribution in [1.82, 2.24) is 9.97 Å². The molecule has 7 nitrogen and oxygen atoms in total.